The zero-order valence-electron chi connectivity index (χ0n) is 6.09. The molecule has 0 aliphatic carbocycles. The predicted octanol–water partition coefficient (Wildman–Crippen LogP) is 0.198. The Balaban J connectivity index is 3.54. The van der Waals surface area contributed by atoms with Gasteiger partial charge in [0.25, 0.3) is 0 Å². The SMILES string of the molecule is C#CCOC(=O)C(C)OC. The van der Waals surface area contributed by atoms with E-state index in [-0.39, 0.29) is 6.61 Å². The van der Waals surface area contributed by atoms with Crippen molar-refractivity contribution in [2.45, 2.75) is 13.0 Å². The van der Waals surface area contributed by atoms with Crippen LogP contribution in [0.2, 0.25) is 0 Å². The number of terminal acetylenes is 1. The fraction of sp³-hybridized carbons (Fsp3) is 0.571. The third-order valence-electron chi connectivity index (χ3n) is 0.983. The van der Waals surface area contributed by atoms with Crippen LogP contribution in [0.1, 0.15) is 6.92 Å². The van der Waals surface area contributed by atoms with E-state index in [1.807, 2.05) is 0 Å². The summed E-state index contributed by atoms with van der Waals surface area (Å²) in [6.07, 6.45) is 4.32. The van der Waals surface area contributed by atoms with Gasteiger partial charge in [0.15, 0.2) is 12.7 Å². The molecule has 3 heteroatoms. The summed E-state index contributed by atoms with van der Waals surface area (Å²) in [5.74, 6) is 1.75. The lowest BCUT2D eigenvalue weighted by Crippen LogP contribution is -2.21. The molecule has 0 spiro atoms. The minimum Gasteiger partial charge on any atom is -0.451 e. The summed E-state index contributed by atoms with van der Waals surface area (Å²) in [5, 5.41) is 0. The third kappa shape index (κ3) is 3.10. The molecule has 0 rings (SSSR count). The topological polar surface area (TPSA) is 35.5 Å². The van der Waals surface area contributed by atoms with Gasteiger partial charge in [-0.25, -0.2) is 4.79 Å². The second kappa shape index (κ2) is 4.83. The summed E-state index contributed by atoms with van der Waals surface area (Å²) in [6.45, 7) is 1.60. The lowest BCUT2D eigenvalue weighted by molar-refractivity contribution is -0.152. The maximum Gasteiger partial charge on any atom is 0.335 e. The Morgan fingerprint density at radius 1 is 1.80 bits per heavy atom. The second-order valence-corrected chi connectivity index (χ2v) is 1.69. The Hall–Kier alpha value is -1.01. The number of rotatable bonds is 3. The molecule has 0 aromatic heterocycles. The smallest absolute Gasteiger partial charge is 0.335 e. The summed E-state index contributed by atoms with van der Waals surface area (Å²) in [6, 6.07) is 0. The molecule has 0 aliphatic heterocycles. The number of hydrogen-bond acceptors (Lipinski definition) is 3. The van der Waals surface area contributed by atoms with Crippen LogP contribution in [-0.2, 0) is 14.3 Å². The van der Waals surface area contributed by atoms with Crippen molar-refractivity contribution in [2.75, 3.05) is 13.7 Å². The van der Waals surface area contributed by atoms with Crippen molar-refractivity contribution in [3.05, 3.63) is 0 Å². The average molecular weight is 142 g/mol. The molecule has 0 radical (unpaired) electrons. The Morgan fingerprint density at radius 3 is 2.80 bits per heavy atom. The lowest BCUT2D eigenvalue weighted by atomic mass is 10.4. The van der Waals surface area contributed by atoms with Crippen molar-refractivity contribution in [1.29, 1.82) is 0 Å². The van der Waals surface area contributed by atoms with Crippen LogP contribution in [0.15, 0.2) is 0 Å². The van der Waals surface area contributed by atoms with Gasteiger partial charge in [-0.15, -0.1) is 6.42 Å². The highest BCUT2D eigenvalue weighted by atomic mass is 16.6. The molecule has 0 saturated carbocycles. The fourth-order valence-electron chi connectivity index (χ4n) is 0.326. The van der Waals surface area contributed by atoms with Gasteiger partial charge in [0.1, 0.15) is 0 Å². The molecule has 0 heterocycles. The molecule has 0 saturated heterocycles. The van der Waals surface area contributed by atoms with E-state index in [0.29, 0.717) is 0 Å². The van der Waals surface area contributed by atoms with E-state index < -0.39 is 12.1 Å². The van der Waals surface area contributed by atoms with Gasteiger partial charge < -0.3 is 9.47 Å². The molecule has 0 aromatic rings. The zero-order chi connectivity index (χ0) is 7.98. The van der Waals surface area contributed by atoms with Crippen LogP contribution in [0.5, 0.6) is 0 Å². The van der Waals surface area contributed by atoms with Crippen molar-refractivity contribution in [3.63, 3.8) is 0 Å². The van der Waals surface area contributed by atoms with Gasteiger partial charge in [0, 0.05) is 7.11 Å². The van der Waals surface area contributed by atoms with Crippen molar-refractivity contribution in [2.24, 2.45) is 0 Å². The molecule has 56 valence electrons. The molecule has 10 heavy (non-hydrogen) atoms. The summed E-state index contributed by atoms with van der Waals surface area (Å²) in [4.78, 5) is 10.7. The summed E-state index contributed by atoms with van der Waals surface area (Å²) in [5.41, 5.74) is 0. The van der Waals surface area contributed by atoms with Crippen molar-refractivity contribution in [3.8, 4) is 12.3 Å². The highest BCUT2D eigenvalue weighted by Crippen LogP contribution is 1.90. The number of methoxy groups -OCH3 is 1. The van der Waals surface area contributed by atoms with Gasteiger partial charge in [0.05, 0.1) is 0 Å². The molecule has 1 atom stereocenters. The Morgan fingerprint density at radius 2 is 2.40 bits per heavy atom. The highest BCUT2D eigenvalue weighted by molar-refractivity contribution is 5.74. The van der Waals surface area contributed by atoms with E-state index in [4.69, 9.17) is 6.42 Å². The van der Waals surface area contributed by atoms with E-state index in [1.165, 1.54) is 7.11 Å². The maximum absolute atomic E-state index is 10.7. The minimum absolute atomic E-state index is 0.00648. The van der Waals surface area contributed by atoms with Crippen LogP contribution >= 0.6 is 0 Å². The van der Waals surface area contributed by atoms with Gasteiger partial charge in [-0.1, -0.05) is 5.92 Å². The molecule has 0 fully saturated rings. The van der Waals surface area contributed by atoms with Crippen molar-refractivity contribution in [1.82, 2.24) is 0 Å². The Kier molecular flexibility index (Phi) is 4.34. The van der Waals surface area contributed by atoms with Crippen LogP contribution in [0, 0.1) is 12.3 Å². The zero-order valence-corrected chi connectivity index (χ0v) is 6.09. The minimum atomic E-state index is -0.534. The van der Waals surface area contributed by atoms with E-state index in [2.05, 4.69) is 15.4 Å². The van der Waals surface area contributed by atoms with E-state index in [0.717, 1.165) is 0 Å². The Labute approximate surface area is 60.3 Å². The summed E-state index contributed by atoms with van der Waals surface area (Å²) >= 11 is 0. The average Bonchev–Trinajstić information content (AvgIpc) is 1.98. The van der Waals surface area contributed by atoms with E-state index >= 15 is 0 Å². The predicted molar refractivity (Wildman–Crippen MR) is 36.3 cm³/mol. The van der Waals surface area contributed by atoms with Gasteiger partial charge >= 0.3 is 5.97 Å². The number of esters is 1. The Bertz CT molecular complexity index is 145. The maximum atomic E-state index is 10.7. The first kappa shape index (κ1) is 8.99. The highest BCUT2D eigenvalue weighted by Gasteiger charge is 2.11. The van der Waals surface area contributed by atoms with Crippen LogP contribution in [0.3, 0.4) is 0 Å². The molecule has 3 nitrogen and oxygen atoms in total. The molecule has 0 N–H and O–H groups in total. The molecular weight excluding hydrogens is 132 g/mol. The number of hydrogen-bond donors (Lipinski definition) is 0. The second-order valence-electron chi connectivity index (χ2n) is 1.69. The quantitative estimate of drug-likeness (QED) is 0.417. The fourth-order valence-corrected chi connectivity index (χ4v) is 0.326. The number of carbonyl (C=O) groups excluding carboxylic acids is 1. The summed E-state index contributed by atoms with van der Waals surface area (Å²) < 4.78 is 9.21. The standard InChI is InChI=1S/C7H10O3/c1-4-5-10-7(8)6(2)9-3/h1,6H,5H2,2-3H3. The molecule has 1 unspecified atom stereocenters. The number of ether oxygens (including phenoxy) is 2. The molecule has 0 amide bonds. The monoisotopic (exact) mass is 142 g/mol. The summed E-state index contributed by atoms with van der Waals surface area (Å²) in [7, 11) is 1.43. The largest absolute Gasteiger partial charge is 0.451 e. The van der Waals surface area contributed by atoms with Crippen molar-refractivity contribution >= 4 is 5.97 Å². The lowest BCUT2D eigenvalue weighted by Gasteiger charge is -2.06. The molecule has 0 bridgehead atoms. The normalized spacial score (nSPS) is 11.7. The van der Waals surface area contributed by atoms with Crippen LogP contribution in [0.25, 0.3) is 0 Å². The first-order valence-electron chi connectivity index (χ1n) is 2.85. The van der Waals surface area contributed by atoms with Gasteiger partial charge in [-0.05, 0) is 6.92 Å². The van der Waals surface area contributed by atoms with Crippen LogP contribution < -0.4 is 0 Å². The molecular formula is C7H10O3. The molecule has 0 aliphatic rings. The van der Waals surface area contributed by atoms with Crippen LogP contribution in [0.4, 0.5) is 0 Å². The third-order valence-corrected chi connectivity index (χ3v) is 0.983. The van der Waals surface area contributed by atoms with Gasteiger partial charge in [0.2, 0.25) is 0 Å². The van der Waals surface area contributed by atoms with Crippen molar-refractivity contribution < 1.29 is 14.3 Å². The van der Waals surface area contributed by atoms with E-state index in [9.17, 15) is 4.79 Å². The number of carbonyl (C=O) groups is 1. The van der Waals surface area contributed by atoms with Crippen LogP contribution in [-0.4, -0.2) is 25.8 Å². The first-order valence-corrected chi connectivity index (χ1v) is 2.85. The van der Waals surface area contributed by atoms with E-state index in [1.54, 1.807) is 6.92 Å². The first-order chi connectivity index (χ1) is 4.72. The van der Waals surface area contributed by atoms with Gasteiger partial charge in [-0.3, -0.25) is 0 Å². The molecule has 0 aromatic carbocycles. The van der Waals surface area contributed by atoms with Gasteiger partial charge in [-0.2, -0.15) is 0 Å².